The van der Waals surface area contributed by atoms with E-state index in [2.05, 4.69) is 10.5 Å². The van der Waals surface area contributed by atoms with Crippen LogP contribution in [0.1, 0.15) is 5.56 Å². The molecule has 0 aliphatic heterocycles. The molecule has 28 heavy (non-hydrogen) atoms. The van der Waals surface area contributed by atoms with Gasteiger partial charge in [-0.05, 0) is 42.0 Å². The molecule has 0 fully saturated rings. The Morgan fingerprint density at radius 3 is 2.61 bits per heavy atom. The van der Waals surface area contributed by atoms with Crippen LogP contribution >= 0.6 is 35.0 Å². The number of carbonyl (C=O) groups excluding carboxylic acids is 1. The van der Waals surface area contributed by atoms with Gasteiger partial charge in [0.2, 0.25) is 5.91 Å². The number of benzene rings is 2. The molecule has 2 rings (SSSR count). The lowest BCUT2D eigenvalue weighted by Gasteiger charge is -2.11. The number of amides is 1. The highest BCUT2D eigenvalue weighted by atomic mass is 35.5. The third kappa shape index (κ3) is 6.95. The second-order valence-corrected chi connectivity index (χ2v) is 7.14. The van der Waals surface area contributed by atoms with Gasteiger partial charge in [-0.15, -0.1) is 11.8 Å². The number of carboxylic acids is 1. The molecule has 0 radical (unpaired) electrons. The predicted molar refractivity (Wildman–Crippen MR) is 109 cm³/mol. The summed E-state index contributed by atoms with van der Waals surface area (Å²) in [5.74, 6) is -0.865. The Labute approximate surface area is 175 Å². The first-order valence-electron chi connectivity index (χ1n) is 7.81. The molecule has 0 saturated heterocycles. The van der Waals surface area contributed by atoms with Crippen LogP contribution < -0.4 is 14.9 Å². The number of hydrazone groups is 1. The highest BCUT2D eigenvalue weighted by molar-refractivity contribution is 8.00. The Morgan fingerprint density at radius 2 is 1.96 bits per heavy atom. The maximum Gasteiger partial charge on any atom is 0.341 e. The van der Waals surface area contributed by atoms with E-state index in [1.807, 2.05) is 12.1 Å². The number of nitrogens with one attached hydrogen (secondary N) is 1. The Balaban J connectivity index is 1.93. The first-order chi connectivity index (χ1) is 13.4. The minimum absolute atomic E-state index is 0.118. The number of carboxylic acid groups (broad SMARTS) is 1. The number of hydrogen-bond donors (Lipinski definition) is 2. The van der Waals surface area contributed by atoms with Gasteiger partial charge in [0.25, 0.3) is 0 Å². The van der Waals surface area contributed by atoms with Crippen LogP contribution in [0, 0.1) is 0 Å². The Kier molecular flexibility index (Phi) is 8.43. The summed E-state index contributed by atoms with van der Waals surface area (Å²) in [5.41, 5.74) is 2.95. The smallest absolute Gasteiger partial charge is 0.341 e. The highest BCUT2D eigenvalue weighted by Gasteiger charge is 2.13. The van der Waals surface area contributed by atoms with Crippen LogP contribution in [-0.2, 0) is 9.59 Å². The van der Waals surface area contributed by atoms with E-state index in [0.717, 1.165) is 4.90 Å². The zero-order valence-electron chi connectivity index (χ0n) is 14.6. The van der Waals surface area contributed by atoms with Gasteiger partial charge in [-0.25, -0.2) is 10.2 Å². The van der Waals surface area contributed by atoms with Gasteiger partial charge in [0.1, 0.15) is 0 Å². The number of thioether (sulfide) groups is 1. The topological polar surface area (TPSA) is 97.2 Å². The molecule has 0 aliphatic carbocycles. The minimum Gasteiger partial charge on any atom is -0.493 e. The molecule has 1 amide bonds. The summed E-state index contributed by atoms with van der Waals surface area (Å²) < 4.78 is 10.3. The normalized spacial score (nSPS) is 10.7. The monoisotopic (exact) mass is 442 g/mol. The minimum atomic E-state index is -1.14. The third-order valence-corrected chi connectivity index (χ3v) is 4.72. The molecule has 148 valence electrons. The van der Waals surface area contributed by atoms with E-state index < -0.39 is 12.6 Å². The van der Waals surface area contributed by atoms with Crippen LogP contribution in [0.25, 0.3) is 0 Å². The second-order valence-electron chi connectivity index (χ2n) is 5.25. The molecule has 0 unspecified atom stereocenters. The van der Waals surface area contributed by atoms with Crippen molar-refractivity contribution < 1.29 is 24.2 Å². The number of carbonyl (C=O) groups is 2. The summed E-state index contributed by atoms with van der Waals surface area (Å²) >= 11 is 13.3. The molecule has 0 heterocycles. The average molecular weight is 443 g/mol. The van der Waals surface area contributed by atoms with Crippen LogP contribution in [0.2, 0.25) is 10.0 Å². The van der Waals surface area contributed by atoms with Gasteiger partial charge in [0.15, 0.2) is 18.1 Å². The molecule has 10 heteroatoms. The molecular weight excluding hydrogens is 427 g/mol. The quantitative estimate of drug-likeness (QED) is 0.349. The zero-order valence-corrected chi connectivity index (χ0v) is 17.0. The third-order valence-electron chi connectivity index (χ3n) is 3.18. The van der Waals surface area contributed by atoms with Gasteiger partial charge >= 0.3 is 5.97 Å². The fraction of sp³-hybridized carbons (Fsp3) is 0.167. The number of aliphatic carboxylic acids is 1. The lowest BCUT2D eigenvalue weighted by atomic mass is 10.2. The maximum atomic E-state index is 11.9. The van der Waals surface area contributed by atoms with Crippen molar-refractivity contribution in [3.8, 4) is 11.5 Å². The molecule has 0 aliphatic rings. The van der Waals surface area contributed by atoms with Crippen molar-refractivity contribution in [2.45, 2.75) is 4.90 Å². The SMILES string of the molecule is COc1cc(/C=N\NC(=O)CSc2ccc(Cl)cc2)cc(Cl)c1OCC(=O)O. The van der Waals surface area contributed by atoms with Crippen LogP contribution in [0.5, 0.6) is 11.5 Å². The predicted octanol–water partition coefficient (Wildman–Crippen LogP) is 3.71. The Hall–Kier alpha value is -2.42. The summed E-state index contributed by atoms with van der Waals surface area (Å²) in [4.78, 5) is 23.4. The van der Waals surface area contributed by atoms with E-state index in [1.165, 1.54) is 31.2 Å². The van der Waals surface area contributed by atoms with Crippen LogP contribution in [0.15, 0.2) is 46.4 Å². The number of rotatable bonds is 9. The summed E-state index contributed by atoms with van der Waals surface area (Å²) in [5, 5.41) is 13.4. The number of methoxy groups -OCH3 is 1. The van der Waals surface area contributed by atoms with Gasteiger partial charge in [0.05, 0.1) is 24.1 Å². The van der Waals surface area contributed by atoms with Crippen LogP contribution in [-0.4, -0.2) is 42.7 Å². The molecule has 0 spiro atoms. The van der Waals surface area contributed by atoms with E-state index in [0.29, 0.717) is 10.6 Å². The van der Waals surface area contributed by atoms with Crippen molar-refractivity contribution in [1.29, 1.82) is 0 Å². The average Bonchev–Trinajstić information content (AvgIpc) is 2.66. The molecule has 2 aromatic rings. The zero-order chi connectivity index (χ0) is 20.5. The van der Waals surface area contributed by atoms with E-state index in [4.69, 9.17) is 37.8 Å². The van der Waals surface area contributed by atoms with Crippen LogP contribution in [0.3, 0.4) is 0 Å². The Bertz CT molecular complexity index is 875. The molecule has 2 aromatic carbocycles. The van der Waals surface area contributed by atoms with Crippen molar-refractivity contribution in [3.05, 3.63) is 52.0 Å². The summed E-state index contributed by atoms with van der Waals surface area (Å²) in [6, 6.07) is 10.2. The molecule has 0 atom stereocenters. The van der Waals surface area contributed by atoms with Crippen LogP contribution in [0.4, 0.5) is 0 Å². The second kappa shape index (κ2) is 10.8. The van der Waals surface area contributed by atoms with Crippen molar-refractivity contribution in [2.24, 2.45) is 5.10 Å². The van der Waals surface area contributed by atoms with Gasteiger partial charge < -0.3 is 14.6 Å². The van der Waals surface area contributed by atoms with E-state index in [1.54, 1.807) is 18.2 Å². The molecular formula is C18H16Cl2N2O5S. The molecule has 7 nitrogen and oxygen atoms in total. The number of nitrogens with zero attached hydrogens (tertiary/aromatic N) is 1. The fourth-order valence-corrected chi connectivity index (χ4v) is 3.07. The van der Waals surface area contributed by atoms with Gasteiger partial charge in [-0.1, -0.05) is 23.2 Å². The number of hydrogen-bond acceptors (Lipinski definition) is 6. The van der Waals surface area contributed by atoms with E-state index >= 15 is 0 Å². The molecule has 2 N–H and O–H groups in total. The first kappa shape index (κ1) is 21.9. The highest BCUT2D eigenvalue weighted by Crippen LogP contribution is 2.36. The first-order valence-corrected chi connectivity index (χ1v) is 9.55. The fourth-order valence-electron chi connectivity index (χ4n) is 1.98. The van der Waals surface area contributed by atoms with Crippen molar-refractivity contribution in [1.82, 2.24) is 5.43 Å². The van der Waals surface area contributed by atoms with E-state index in [-0.39, 0.29) is 28.2 Å². The largest absolute Gasteiger partial charge is 0.493 e. The van der Waals surface area contributed by atoms with Crippen molar-refractivity contribution in [2.75, 3.05) is 19.5 Å². The number of halogens is 2. The summed E-state index contributed by atoms with van der Waals surface area (Å²) in [6.07, 6.45) is 1.39. The molecule has 0 bridgehead atoms. The maximum absolute atomic E-state index is 11.9. The lowest BCUT2D eigenvalue weighted by molar-refractivity contribution is -0.139. The lowest BCUT2D eigenvalue weighted by Crippen LogP contribution is -2.19. The summed E-state index contributed by atoms with van der Waals surface area (Å²) in [7, 11) is 1.40. The number of ether oxygens (including phenoxy) is 2. The van der Waals surface area contributed by atoms with Crippen molar-refractivity contribution in [3.63, 3.8) is 0 Å². The Morgan fingerprint density at radius 1 is 1.25 bits per heavy atom. The van der Waals surface area contributed by atoms with Crippen molar-refractivity contribution >= 4 is 53.1 Å². The standard InChI is InChI=1S/C18H16Cl2N2O5S/c1-26-15-7-11(6-14(20)18(15)27-9-17(24)25)8-21-22-16(23)10-28-13-4-2-12(19)3-5-13/h2-8H,9-10H2,1H3,(H,22,23)(H,24,25)/b21-8-. The molecule has 0 aromatic heterocycles. The van der Waals surface area contributed by atoms with E-state index in [9.17, 15) is 9.59 Å². The summed E-state index contributed by atoms with van der Waals surface area (Å²) in [6.45, 7) is -0.551. The van der Waals surface area contributed by atoms with Gasteiger partial charge in [-0.2, -0.15) is 5.10 Å². The molecule has 0 saturated carbocycles. The van der Waals surface area contributed by atoms with Gasteiger partial charge in [0, 0.05) is 9.92 Å². The van der Waals surface area contributed by atoms with Gasteiger partial charge in [-0.3, -0.25) is 4.79 Å².